The van der Waals surface area contributed by atoms with Gasteiger partial charge in [-0.3, -0.25) is 0 Å². The van der Waals surface area contributed by atoms with E-state index in [0.717, 1.165) is 11.8 Å². The normalized spacial score (nSPS) is 37.4. The lowest BCUT2D eigenvalue weighted by Gasteiger charge is -2.34. The molecule has 13 heavy (non-hydrogen) atoms. The number of aliphatic hydroxyl groups is 1. The van der Waals surface area contributed by atoms with Crippen molar-refractivity contribution in [3.05, 3.63) is 0 Å². The molecule has 1 saturated carbocycles. The van der Waals surface area contributed by atoms with Crippen LogP contribution in [0.15, 0.2) is 0 Å². The van der Waals surface area contributed by atoms with E-state index in [0.29, 0.717) is 6.04 Å². The first kappa shape index (κ1) is 11.0. The first-order valence-electron chi connectivity index (χ1n) is 5.50. The molecule has 2 nitrogen and oxygen atoms in total. The molecule has 0 aliphatic heterocycles. The number of hydrogen-bond acceptors (Lipinski definition) is 2. The number of aliphatic hydroxyl groups excluding tert-OH is 1. The van der Waals surface area contributed by atoms with E-state index in [9.17, 15) is 0 Å². The fraction of sp³-hybridized carbons (Fsp3) is 1.00. The zero-order valence-electron chi connectivity index (χ0n) is 9.09. The molecule has 0 heterocycles. The molecular formula is C11H23NO. The molecular weight excluding hydrogens is 162 g/mol. The molecule has 0 aromatic heterocycles. The summed E-state index contributed by atoms with van der Waals surface area (Å²) in [7, 11) is 0. The van der Waals surface area contributed by atoms with Crippen molar-refractivity contribution >= 4 is 0 Å². The van der Waals surface area contributed by atoms with E-state index in [2.05, 4.69) is 19.2 Å². The summed E-state index contributed by atoms with van der Waals surface area (Å²) in [6.45, 7) is 6.97. The molecule has 0 aromatic rings. The van der Waals surface area contributed by atoms with Crippen molar-refractivity contribution in [2.24, 2.45) is 11.8 Å². The van der Waals surface area contributed by atoms with Gasteiger partial charge in [0, 0.05) is 12.1 Å². The molecule has 0 saturated heterocycles. The summed E-state index contributed by atoms with van der Waals surface area (Å²) in [6, 6.07) is 0.888. The summed E-state index contributed by atoms with van der Waals surface area (Å²) in [5, 5.41) is 12.4. The third kappa shape index (κ3) is 3.28. The third-order valence-corrected chi connectivity index (χ3v) is 3.39. The fourth-order valence-corrected chi connectivity index (χ4v) is 2.15. The highest BCUT2D eigenvalue weighted by atomic mass is 16.3. The summed E-state index contributed by atoms with van der Waals surface area (Å²) in [5.74, 6) is 1.71. The van der Waals surface area contributed by atoms with Gasteiger partial charge in [-0.15, -0.1) is 0 Å². The highest BCUT2D eigenvalue weighted by molar-refractivity contribution is 4.81. The second-order valence-corrected chi connectivity index (χ2v) is 4.71. The summed E-state index contributed by atoms with van der Waals surface area (Å²) >= 11 is 0. The Morgan fingerprint density at radius 3 is 2.54 bits per heavy atom. The van der Waals surface area contributed by atoms with Gasteiger partial charge >= 0.3 is 0 Å². The zero-order chi connectivity index (χ0) is 9.84. The number of hydrogen-bond donors (Lipinski definition) is 2. The van der Waals surface area contributed by atoms with Gasteiger partial charge in [-0.05, 0) is 38.0 Å². The Hall–Kier alpha value is -0.0800. The van der Waals surface area contributed by atoms with E-state index in [1.54, 1.807) is 0 Å². The summed E-state index contributed by atoms with van der Waals surface area (Å²) in [5.41, 5.74) is 0. The molecule has 3 unspecified atom stereocenters. The Morgan fingerprint density at radius 2 is 2.00 bits per heavy atom. The lowest BCUT2D eigenvalue weighted by atomic mass is 9.79. The van der Waals surface area contributed by atoms with Crippen molar-refractivity contribution in [3.8, 4) is 0 Å². The molecule has 78 valence electrons. The van der Waals surface area contributed by atoms with Gasteiger partial charge in [0.15, 0.2) is 0 Å². The van der Waals surface area contributed by atoms with E-state index in [1.807, 2.05) is 6.92 Å². The average molecular weight is 185 g/mol. The van der Waals surface area contributed by atoms with Crippen LogP contribution in [0.2, 0.25) is 0 Å². The minimum Gasteiger partial charge on any atom is -0.395 e. The first-order valence-corrected chi connectivity index (χ1v) is 5.50. The largest absolute Gasteiger partial charge is 0.395 e. The number of rotatable bonds is 3. The second kappa shape index (κ2) is 4.97. The maximum absolute atomic E-state index is 8.92. The van der Waals surface area contributed by atoms with Crippen LogP contribution >= 0.6 is 0 Å². The molecule has 1 aliphatic rings. The highest BCUT2D eigenvalue weighted by Crippen LogP contribution is 2.29. The Kier molecular flexibility index (Phi) is 4.20. The molecule has 1 fully saturated rings. The van der Waals surface area contributed by atoms with Crippen LogP contribution in [0.4, 0.5) is 0 Å². The third-order valence-electron chi connectivity index (χ3n) is 3.39. The van der Waals surface area contributed by atoms with E-state index in [4.69, 9.17) is 5.11 Å². The van der Waals surface area contributed by atoms with Gasteiger partial charge in [-0.1, -0.05) is 13.8 Å². The Labute approximate surface area is 81.7 Å². The van der Waals surface area contributed by atoms with Crippen LogP contribution in [0.25, 0.3) is 0 Å². The van der Waals surface area contributed by atoms with Crippen molar-refractivity contribution < 1.29 is 5.11 Å². The summed E-state index contributed by atoms with van der Waals surface area (Å²) < 4.78 is 0. The second-order valence-electron chi connectivity index (χ2n) is 4.71. The molecule has 0 spiro atoms. The minimum atomic E-state index is 0.250. The lowest BCUT2D eigenvalue weighted by Crippen LogP contribution is -2.42. The van der Waals surface area contributed by atoms with Crippen LogP contribution in [0, 0.1) is 11.8 Å². The summed E-state index contributed by atoms with van der Waals surface area (Å²) in [4.78, 5) is 0. The maximum atomic E-state index is 8.92. The number of nitrogens with one attached hydrogen (secondary N) is 1. The predicted molar refractivity (Wildman–Crippen MR) is 55.7 cm³/mol. The summed E-state index contributed by atoms with van der Waals surface area (Å²) in [6.07, 6.45) is 3.87. The molecule has 2 N–H and O–H groups in total. The SMILES string of the molecule is CC1CCC(N[C@H](C)CO)CC1C. The van der Waals surface area contributed by atoms with E-state index in [1.165, 1.54) is 19.3 Å². The molecule has 1 rings (SSSR count). The Morgan fingerprint density at radius 1 is 1.31 bits per heavy atom. The molecule has 0 radical (unpaired) electrons. The molecule has 0 amide bonds. The fourth-order valence-electron chi connectivity index (χ4n) is 2.15. The van der Waals surface area contributed by atoms with Crippen molar-refractivity contribution in [1.82, 2.24) is 5.32 Å². The van der Waals surface area contributed by atoms with Crippen molar-refractivity contribution in [1.29, 1.82) is 0 Å². The van der Waals surface area contributed by atoms with Gasteiger partial charge in [0.25, 0.3) is 0 Å². The highest BCUT2D eigenvalue weighted by Gasteiger charge is 2.24. The maximum Gasteiger partial charge on any atom is 0.0582 e. The van der Waals surface area contributed by atoms with Crippen LogP contribution in [-0.2, 0) is 0 Å². The predicted octanol–water partition coefficient (Wildman–Crippen LogP) is 1.78. The van der Waals surface area contributed by atoms with Gasteiger partial charge in [0.1, 0.15) is 0 Å². The lowest BCUT2D eigenvalue weighted by molar-refractivity contribution is 0.188. The van der Waals surface area contributed by atoms with Crippen LogP contribution in [0.1, 0.15) is 40.0 Å². The van der Waals surface area contributed by atoms with Crippen molar-refractivity contribution in [3.63, 3.8) is 0 Å². The van der Waals surface area contributed by atoms with Crippen LogP contribution in [0.5, 0.6) is 0 Å². The topological polar surface area (TPSA) is 32.3 Å². The monoisotopic (exact) mass is 185 g/mol. The van der Waals surface area contributed by atoms with Crippen molar-refractivity contribution in [2.75, 3.05) is 6.61 Å². The van der Waals surface area contributed by atoms with E-state index < -0.39 is 0 Å². The zero-order valence-corrected chi connectivity index (χ0v) is 9.09. The molecule has 2 heteroatoms. The molecule has 4 atom stereocenters. The molecule has 0 bridgehead atoms. The van der Waals surface area contributed by atoms with Gasteiger partial charge in [0.2, 0.25) is 0 Å². The standard InChI is InChI=1S/C11H23NO/c1-8-4-5-11(6-9(8)2)12-10(3)7-13/h8-13H,4-7H2,1-3H3/t8?,9?,10-,11?/m1/s1. The van der Waals surface area contributed by atoms with Crippen LogP contribution < -0.4 is 5.32 Å². The average Bonchev–Trinajstić information content (AvgIpc) is 2.11. The molecule has 1 aliphatic carbocycles. The van der Waals surface area contributed by atoms with Crippen molar-refractivity contribution in [2.45, 2.75) is 52.1 Å². The van der Waals surface area contributed by atoms with Gasteiger partial charge in [0.05, 0.1) is 6.61 Å². The smallest absolute Gasteiger partial charge is 0.0582 e. The minimum absolute atomic E-state index is 0.250. The van der Waals surface area contributed by atoms with Gasteiger partial charge in [-0.25, -0.2) is 0 Å². The van der Waals surface area contributed by atoms with E-state index >= 15 is 0 Å². The quantitative estimate of drug-likeness (QED) is 0.702. The first-order chi connectivity index (χ1) is 6.13. The van der Waals surface area contributed by atoms with Crippen LogP contribution in [0.3, 0.4) is 0 Å². The van der Waals surface area contributed by atoms with Crippen LogP contribution in [-0.4, -0.2) is 23.8 Å². The van der Waals surface area contributed by atoms with E-state index in [-0.39, 0.29) is 12.6 Å². The Balaban J connectivity index is 2.29. The Bertz CT molecular complexity index is 147. The molecule has 0 aromatic carbocycles. The van der Waals surface area contributed by atoms with Gasteiger partial charge in [-0.2, -0.15) is 0 Å². The van der Waals surface area contributed by atoms with Gasteiger partial charge < -0.3 is 10.4 Å².